The number of carbonyl (C=O) groups is 1. The minimum absolute atomic E-state index is 0.0686. The number of aromatic amines is 1. The Bertz CT molecular complexity index is 1910. The first-order valence-corrected chi connectivity index (χ1v) is 26.3. The van der Waals surface area contributed by atoms with Crippen molar-refractivity contribution in [3.05, 3.63) is 22.1 Å². The predicted molar refractivity (Wildman–Crippen MR) is 213 cm³/mol. The molecular formula is C29H47N4O15P3S4. The van der Waals surface area contributed by atoms with Gasteiger partial charge in [0.2, 0.25) is 5.95 Å². The number of ether oxygens (including phenoxy) is 3. The summed E-state index contributed by atoms with van der Waals surface area (Å²) in [5.41, 5.74) is 5.64. The zero-order chi connectivity index (χ0) is 41.0. The molecule has 3 unspecified atom stereocenters. The van der Waals surface area contributed by atoms with Crippen molar-refractivity contribution in [1.29, 1.82) is 0 Å². The number of ketones is 1. The lowest BCUT2D eigenvalue weighted by molar-refractivity contribution is -0.119. The summed E-state index contributed by atoms with van der Waals surface area (Å²) < 4.78 is 66.7. The second-order valence-electron chi connectivity index (χ2n) is 13.1. The molecular weight excluding hydrogens is 866 g/mol. The maximum atomic E-state index is 13.0. The first kappa shape index (κ1) is 48.4. The van der Waals surface area contributed by atoms with E-state index in [0.29, 0.717) is 19.0 Å². The molecule has 3 heterocycles. The largest absolute Gasteiger partial charge is 0.490 e. The number of phosphoric ester groups is 1. The summed E-state index contributed by atoms with van der Waals surface area (Å²) in [6, 6.07) is 0. The molecule has 19 nitrogen and oxygen atoms in total. The zero-order valence-electron chi connectivity index (χ0n) is 30.5. The van der Waals surface area contributed by atoms with Gasteiger partial charge in [0.05, 0.1) is 29.6 Å². The number of phosphoric acid groups is 3. The summed E-state index contributed by atoms with van der Waals surface area (Å²) in [6.45, 7) is 6.38. The van der Waals surface area contributed by atoms with Crippen LogP contribution in [-0.2, 0) is 66.5 Å². The first-order valence-electron chi connectivity index (χ1n) is 16.7. The Kier molecular flexibility index (Phi) is 19.2. The first-order chi connectivity index (χ1) is 25.5. The molecule has 2 aromatic heterocycles. The number of unbranched alkanes of at least 4 members (excludes halogenated alkanes) is 3. The highest BCUT2D eigenvalue weighted by Crippen LogP contribution is 2.66. The second-order valence-corrected chi connectivity index (χ2v) is 23.7. The van der Waals surface area contributed by atoms with Crippen LogP contribution in [0.2, 0.25) is 0 Å². The van der Waals surface area contributed by atoms with Crippen LogP contribution in [0, 0.1) is 11.8 Å². The molecule has 7 N–H and O–H groups in total. The van der Waals surface area contributed by atoms with E-state index in [0.717, 1.165) is 25.7 Å². The van der Waals surface area contributed by atoms with E-state index in [4.69, 9.17) is 45.4 Å². The van der Waals surface area contributed by atoms with Crippen LogP contribution in [0.4, 0.5) is 5.95 Å². The topological polar surface area (TPSA) is 281 Å². The van der Waals surface area contributed by atoms with E-state index in [1.165, 1.54) is 10.8 Å². The van der Waals surface area contributed by atoms with Crippen molar-refractivity contribution in [3.63, 3.8) is 0 Å². The number of rotatable bonds is 23. The Morgan fingerprint density at radius 1 is 1.15 bits per heavy atom. The van der Waals surface area contributed by atoms with Crippen molar-refractivity contribution in [3.8, 4) is 11.8 Å². The number of aromatic nitrogens is 3. The van der Waals surface area contributed by atoms with E-state index in [1.54, 1.807) is 27.8 Å². The van der Waals surface area contributed by atoms with Gasteiger partial charge in [-0.2, -0.15) is 13.6 Å². The van der Waals surface area contributed by atoms with Crippen LogP contribution in [-0.4, -0.2) is 88.2 Å². The van der Waals surface area contributed by atoms with Gasteiger partial charge in [-0.25, -0.2) is 13.7 Å². The number of hydrogen-bond acceptors (Lipinski definition) is 16. The van der Waals surface area contributed by atoms with Crippen LogP contribution in [0.3, 0.4) is 0 Å². The number of H-pyrrole nitrogens is 1. The minimum atomic E-state index is -5.75. The van der Waals surface area contributed by atoms with Crippen LogP contribution < -0.4 is 11.3 Å². The lowest BCUT2D eigenvalue weighted by atomic mass is 10.1. The third kappa shape index (κ3) is 18.2. The number of fused-ring (bicyclic) bond motifs is 1. The molecule has 55 heavy (non-hydrogen) atoms. The van der Waals surface area contributed by atoms with Gasteiger partial charge in [-0.1, -0.05) is 76.5 Å². The van der Waals surface area contributed by atoms with Gasteiger partial charge in [0.1, 0.15) is 24.1 Å². The number of nitrogens with zero attached hydrogens (tertiary/aromatic N) is 2. The monoisotopic (exact) mass is 912 g/mol. The van der Waals surface area contributed by atoms with Crippen LogP contribution in [0.25, 0.3) is 11.0 Å². The molecule has 312 valence electrons. The number of nitrogens with two attached hydrogens (primary N) is 1. The average Bonchev–Trinajstić information content (AvgIpc) is 3.60. The highest BCUT2D eigenvalue weighted by atomic mass is 33.1. The second kappa shape index (κ2) is 21.9. The third-order valence-electron chi connectivity index (χ3n) is 7.14. The van der Waals surface area contributed by atoms with Gasteiger partial charge in [0.15, 0.2) is 5.65 Å². The molecule has 0 amide bonds. The normalized spacial score (nSPS) is 20.5. The molecule has 0 radical (unpaired) electrons. The predicted octanol–water partition coefficient (Wildman–Crippen LogP) is 4.80. The van der Waals surface area contributed by atoms with Crippen molar-refractivity contribution in [2.45, 2.75) is 95.3 Å². The van der Waals surface area contributed by atoms with Crippen molar-refractivity contribution in [1.82, 2.24) is 14.5 Å². The van der Waals surface area contributed by atoms with Crippen LogP contribution >= 0.6 is 45.1 Å². The lowest BCUT2D eigenvalue weighted by Crippen LogP contribution is -2.29. The Hall–Kier alpha value is -0.990. The van der Waals surface area contributed by atoms with Crippen molar-refractivity contribution < 1.29 is 65.4 Å². The lowest BCUT2D eigenvalue weighted by Gasteiger charge is -2.21. The summed E-state index contributed by atoms with van der Waals surface area (Å²) in [7, 11) is -13.9. The molecule has 6 atom stereocenters. The number of anilines is 1. The Morgan fingerprint density at radius 3 is 2.53 bits per heavy atom. The molecule has 1 aliphatic heterocycles. The standard InChI is InChI=1S/C29H47N4O15P3S4/c1-29(2,3)54-53-18-43-14-10-6-5-7-12-21(34)13-9-8-11-20-16-33(26-25(20)27(35)32-28(30)31-26)24-15-22(44-19-55(4)52)23(46-24)17-45-50(39,40)48-51(41,42)47-49(36,37)38/h16,22-24H,5-7,9-10,12-15,17-19H2,1-4H3,(H,39,40)(H,41,42)(H2,36,37,38)(H3,30,31,32,35)/t22-,23+,24+,55?/m0/s1. The molecule has 26 heteroatoms. The fraction of sp³-hybridized carbons (Fsp3) is 0.690. The van der Waals surface area contributed by atoms with E-state index in [9.17, 15) is 33.1 Å². The summed E-state index contributed by atoms with van der Waals surface area (Å²) in [4.78, 5) is 69.2. The highest BCUT2D eigenvalue weighted by molar-refractivity contribution is 8.77. The summed E-state index contributed by atoms with van der Waals surface area (Å²) >= 11 is 5.20. The zero-order valence-corrected chi connectivity index (χ0v) is 36.5. The highest BCUT2D eigenvalue weighted by Gasteiger charge is 2.44. The Morgan fingerprint density at radius 2 is 1.85 bits per heavy atom. The van der Waals surface area contributed by atoms with Gasteiger partial charge in [-0.05, 0) is 30.3 Å². The van der Waals surface area contributed by atoms with Gasteiger partial charge in [-0.3, -0.25) is 19.1 Å². The molecule has 2 aromatic rings. The van der Waals surface area contributed by atoms with Crippen molar-refractivity contribution in [2.75, 3.05) is 37.1 Å². The van der Waals surface area contributed by atoms with E-state index in [1.807, 2.05) is 0 Å². The van der Waals surface area contributed by atoms with Crippen LogP contribution in [0.5, 0.6) is 0 Å². The van der Waals surface area contributed by atoms with E-state index < -0.39 is 63.5 Å². The summed E-state index contributed by atoms with van der Waals surface area (Å²) in [6.07, 6.45) is 4.93. The quantitative estimate of drug-likeness (QED) is 0.0287. The van der Waals surface area contributed by atoms with Crippen LogP contribution in [0.15, 0.2) is 11.0 Å². The van der Waals surface area contributed by atoms with Gasteiger partial charge < -0.3 is 44.1 Å². The van der Waals surface area contributed by atoms with Gasteiger partial charge in [-0.15, -0.1) is 0 Å². The molecule has 0 aliphatic carbocycles. The fourth-order valence-corrected chi connectivity index (χ4v) is 10.6. The smallest absolute Gasteiger partial charge is 0.370 e. The third-order valence-corrected chi connectivity index (χ3v) is 14.7. The molecule has 1 fully saturated rings. The van der Waals surface area contributed by atoms with E-state index in [-0.39, 0.29) is 58.3 Å². The Labute approximate surface area is 333 Å². The van der Waals surface area contributed by atoms with Crippen molar-refractivity contribution >= 4 is 88.5 Å². The molecule has 1 saturated heterocycles. The SMILES string of the molecule is CS(=S)CO[C@H]1C[C@H](n2cc(C#CCCC(=O)CCCCCCOCSSC(C)(C)C)c3c(=O)[nH]c(N)nc32)O[C@@H]1COP(=O)(O)OP(=O)(O)OP(=O)(O)O. The van der Waals surface area contributed by atoms with Gasteiger partial charge >= 0.3 is 23.5 Å². The molecule has 0 aromatic carbocycles. The fourth-order valence-electron chi connectivity index (χ4n) is 5.00. The molecule has 3 rings (SSSR count). The number of nitrogen functional groups attached to an aromatic ring is 1. The number of hydrogen-bond donors (Lipinski definition) is 6. The number of carbonyl (C=O) groups excluding carboxylic acids is 1. The molecule has 0 saturated carbocycles. The van der Waals surface area contributed by atoms with Crippen LogP contribution in [0.1, 0.15) is 83.9 Å². The summed E-state index contributed by atoms with van der Waals surface area (Å²) in [5, 5.41) is 0.0991. The van der Waals surface area contributed by atoms with E-state index >= 15 is 0 Å². The number of nitrogens with one attached hydrogen (secondary N) is 1. The molecule has 0 spiro atoms. The molecule has 0 bridgehead atoms. The minimum Gasteiger partial charge on any atom is -0.370 e. The van der Waals surface area contributed by atoms with Gasteiger partial charge in [0.25, 0.3) is 5.56 Å². The maximum Gasteiger partial charge on any atom is 0.490 e. The van der Waals surface area contributed by atoms with E-state index in [2.05, 4.69) is 51.2 Å². The molecule has 1 aliphatic rings. The van der Waals surface area contributed by atoms with Gasteiger partial charge in [0, 0.05) is 43.2 Å². The summed E-state index contributed by atoms with van der Waals surface area (Å²) in [5.74, 6) is 6.50. The number of Topliss-reactive ketones (excluding diaryl/α,β-unsaturated/α-hetero) is 1. The maximum absolute atomic E-state index is 13.0. The van der Waals surface area contributed by atoms with Crippen molar-refractivity contribution in [2.24, 2.45) is 0 Å². The average molecular weight is 913 g/mol. The Balaban J connectivity index is 1.62.